The second kappa shape index (κ2) is 5.91. The van der Waals surface area contributed by atoms with E-state index in [-0.39, 0.29) is 17.0 Å². The summed E-state index contributed by atoms with van der Waals surface area (Å²) in [7, 11) is 1.57. The van der Waals surface area contributed by atoms with Gasteiger partial charge in [-0.2, -0.15) is 0 Å². The summed E-state index contributed by atoms with van der Waals surface area (Å²) in [5, 5.41) is 0.384. The van der Waals surface area contributed by atoms with E-state index in [0.717, 1.165) is 30.3 Å². The normalized spacial score (nSPS) is 14.1. The van der Waals surface area contributed by atoms with Gasteiger partial charge in [-0.25, -0.2) is 9.97 Å². The number of fused-ring (bicyclic) bond motifs is 1. The largest absolute Gasteiger partial charge is 0.574 e. The number of rotatable bonds is 4. The molecule has 2 aromatic heterocycles. The van der Waals surface area contributed by atoms with E-state index in [9.17, 15) is 18.0 Å². The molecular formula is C13H13F3N4O2S. The van der Waals surface area contributed by atoms with Crippen LogP contribution >= 0.6 is 11.8 Å². The zero-order valence-electron chi connectivity index (χ0n) is 12.1. The Balaban J connectivity index is 1.78. The highest BCUT2D eigenvalue weighted by Crippen LogP contribution is 2.29. The van der Waals surface area contributed by atoms with Gasteiger partial charge in [0, 0.05) is 18.4 Å². The quantitative estimate of drug-likeness (QED) is 0.679. The lowest BCUT2D eigenvalue weighted by molar-refractivity contribution is -0.276. The van der Waals surface area contributed by atoms with E-state index in [1.807, 2.05) is 0 Å². The SMILES string of the molecule is Cn1cnc(OC(F)(F)F)c1CSc1nc2c(c(=O)[nH]1)CCC2. The molecule has 0 spiro atoms. The van der Waals surface area contributed by atoms with Gasteiger partial charge in [-0.1, -0.05) is 11.8 Å². The molecule has 0 saturated carbocycles. The maximum absolute atomic E-state index is 12.4. The van der Waals surface area contributed by atoms with E-state index >= 15 is 0 Å². The minimum atomic E-state index is -4.80. The molecule has 124 valence electrons. The Morgan fingerprint density at radius 2 is 2.22 bits per heavy atom. The van der Waals surface area contributed by atoms with Gasteiger partial charge in [0.2, 0.25) is 5.88 Å². The summed E-state index contributed by atoms with van der Waals surface area (Å²) in [5.41, 5.74) is 1.56. The first-order chi connectivity index (χ1) is 10.8. The maximum atomic E-state index is 12.4. The topological polar surface area (TPSA) is 72.8 Å². The molecule has 0 aliphatic heterocycles. The maximum Gasteiger partial charge on any atom is 0.574 e. The molecule has 2 aromatic rings. The van der Waals surface area contributed by atoms with Crippen LogP contribution in [0.25, 0.3) is 0 Å². The summed E-state index contributed by atoms with van der Waals surface area (Å²) in [6.45, 7) is 0. The van der Waals surface area contributed by atoms with Crippen LogP contribution in [0.1, 0.15) is 23.4 Å². The molecule has 6 nitrogen and oxygen atoms in total. The summed E-state index contributed by atoms with van der Waals surface area (Å²) >= 11 is 1.14. The van der Waals surface area contributed by atoms with Gasteiger partial charge >= 0.3 is 6.36 Å². The summed E-state index contributed by atoms with van der Waals surface area (Å²) in [6, 6.07) is 0. The molecule has 0 radical (unpaired) electrons. The van der Waals surface area contributed by atoms with Crippen molar-refractivity contribution in [1.82, 2.24) is 19.5 Å². The third-order valence-electron chi connectivity index (χ3n) is 3.50. The van der Waals surface area contributed by atoms with Crippen LogP contribution in [0.3, 0.4) is 0 Å². The van der Waals surface area contributed by atoms with Gasteiger partial charge in [0.15, 0.2) is 5.16 Å². The number of halogens is 3. The predicted octanol–water partition coefficient (Wildman–Crippen LogP) is 2.18. The molecule has 1 aliphatic rings. The third kappa shape index (κ3) is 3.52. The molecule has 10 heteroatoms. The first-order valence-corrected chi connectivity index (χ1v) is 7.83. The van der Waals surface area contributed by atoms with E-state index < -0.39 is 12.2 Å². The molecule has 0 amide bonds. The summed E-state index contributed by atoms with van der Waals surface area (Å²) in [4.78, 5) is 22.5. The summed E-state index contributed by atoms with van der Waals surface area (Å²) < 4.78 is 42.4. The van der Waals surface area contributed by atoms with E-state index in [1.165, 1.54) is 10.9 Å². The molecule has 3 rings (SSSR count). The Labute approximate surface area is 133 Å². The van der Waals surface area contributed by atoms with Crippen molar-refractivity contribution in [2.24, 2.45) is 7.05 Å². The third-order valence-corrected chi connectivity index (χ3v) is 4.38. The van der Waals surface area contributed by atoms with Crippen LogP contribution in [-0.4, -0.2) is 25.9 Å². The first kappa shape index (κ1) is 15.9. The van der Waals surface area contributed by atoms with Crippen LogP contribution < -0.4 is 10.3 Å². The number of imidazole rings is 1. The lowest BCUT2D eigenvalue weighted by Crippen LogP contribution is -2.18. The molecular weight excluding hydrogens is 333 g/mol. The molecule has 1 N–H and O–H groups in total. The number of aromatic nitrogens is 4. The van der Waals surface area contributed by atoms with Crippen molar-refractivity contribution in [3.63, 3.8) is 0 Å². The second-order valence-corrected chi connectivity index (χ2v) is 6.06. The number of ether oxygens (including phenoxy) is 1. The highest BCUT2D eigenvalue weighted by molar-refractivity contribution is 7.98. The van der Waals surface area contributed by atoms with Crippen LogP contribution in [0.2, 0.25) is 0 Å². The Morgan fingerprint density at radius 3 is 2.96 bits per heavy atom. The van der Waals surface area contributed by atoms with Gasteiger partial charge in [-0.3, -0.25) is 4.79 Å². The number of alkyl halides is 3. The highest BCUT2D eigenvalue weighted by Gasteiger charge is 2.33. The Kier molecular flexibility index (Phi) is 4.09. The number of thioether (sulfide) groups is 1. The molecule has 0 saturated heterocycles. The van der Waals surface area contributed by atoms with Gasteiger partial charge < -0.3 is 14.3 Å². The van der Waals surface area contributed by atoms with E-state index in [2.05, 4.69) is 19.7 Å². The molecule has 23 heavy (non-hydrogen) atoms. The van der Waals surface area contributed by atoms with Crippen molar-refractivity contribution in [1.29, 1.82) is 0 Å². The highest BCUT2D eigenvalue weighted by atomic mass is 32.2. The van der Waals surface area contributed by atoms with Gasteiger partial charge in [0.1, 0.15) is 0 Å². The zero-order valence-corrected chi connectivity index (χ0v) is 12.9. The molecule has 0 aromatic carbocycles. The summed E-state index contributed by atoms with van der Waals surface area (Å²) in [5.74, 6) is -0.347. The molecule has 0 bridgehead atoms. The van der Waals surface area contributed by atoms with Crippen molar-refractivity contribution in [3.05, 3.63) is 33.6 Å². The number of aryl methyl sites for hydroxylation is 2. The molecule has 1 aliphatic carbocycles. The minimum Gasteiger partial charge on any atom is -0.386 e. The number of H-pyrrole nitrogens is 1. The van der Waals surface area contributed by atoms with Gasteiger partial charge in [-0.15, -0.1) is 13.2 Å². The van der Waals surface area contributed by atoms with Crippen molar-refractivity contribution < 1.29 is 17.9 Å². The van der Waals surface area contributed by atoms with Crippen molar-refractivity contribution in [3.8, 4) is 5.88 Å². The molecule has 0 fully saturated rings. The fourth-order valence-electron chi connectivity index (χ4n) is 2.42. The molecule has 0 unspecified atom stereocenters. The fraction of sp³-hybridized carbons (Fsp3) is 0.462. The van der Waals surface area contributed by atoms with Crippen molar-refractivity contribution >= 4 is 11.8 Å². The van der Waals surface area contributed by atoms with Gasteiger partial charge in [-0.05, 0) is 19.3 Å². The lowest BCUT2D eigenvalue weighted by atomic mass is 10.3. The Bertz CT molecular complexity index is 785. The van der Waals surface area contributed by atoms with Crippen LogP contribution in [0.15, 0.2) is 16.3 Å². The van der Waals surface area contributed by atoms with Gasteiger partial charge in [0.05, 0.1) is 17.7 Å². The first-order valence-electron chi connectivity index (χ1n) is 6.84. The number of nitrogens with zero attached hydrogens (tertiary/aromatic N) is 3. The zero-order chi connectivity index (χ0) is 16.6. The predicted molar refractivity (Wildman–Crippen MR) is 76.3 cm³/mol. The van der Waals surface area contributed by atoms with Crippen LogP contribution in [0.5, 0.6) is 5.88 Å². The average molecular weight is 346 g/mol. The van der Waals surface area contributed by atoms with Gasteiger partial charge in [0.25, 0.3) is 5.56 Å². The molecule has 2 heterocycles. The van der Waals surface area contributed by atoms with E-state index in [0.29, 0.717) is 17.1 Å². The second-order valence-electron chi connectivity index (χ2n) is 5.09. The smallest absolute Gasteiger partial charge is 0.386 e. The van der Waals surface area contributed by atoms with Crippen LogP contribution in [0.4, 0.5) is 13.2 Å². The fourth-order valence-corrected chi connectivity index (χ4v) is 3.36. The Hall–Kier alpha value is -1.97. The Morgan fingerprint density at radius 1 is 1.43 bits per heavy atom. The van der Waals surface area contributed by atoms with E-state index in [4.69, 9.17) is 0 Å². The van der Waals surface area contributed by atoms with Crippen LogP contribution in [0, 0.1) is 0 Å². The molecule has 0 atom stereocenters. The number of nitrogens with one attached hydrogen (secondary N) is 1. The standard InChI is InChI=1S/C13H13F3N4O2S/c1-20-6-17-11(22-13(14,15)16)9(20)5-23-12-18-8-4-2-3-7(8)10(21)19-12/h6H,2-5H2,1H3,(H,18,19,21). The number of hydrogen-bond acceptors (Lipinski definition) is 5. The van der Waals surface area contributed by atoms with E-state index in [1.54, 1.807) is 7.05 Å². The average Bonchev–Trinajstić information content (AvgIpc) is 3.03. The van der Waals surface area contributed by atoms with Crippen molar-refractivity contribution in [2.75, 3.05) is 0 Å². The lowest BCUT2D eigenvalue weighted by Gasteiger charge is -2.09. The van der Waals surface area contributed by atoms with Crippen molar-refractivity contribution in [2.45, 2.75) is 36.5 Å². The number of aromatic amines is 1. The monoisotopic (exact) mass is 346 g/mol. The summed E-state index contributed by atoms with van der Waals surface area (Å²) in [6.07, 6.45) is -1.19. The minimum absolute atomic E-state index is 0.143. The number of hydrogen-bond donors (Lipinski definition) is 1. The van der Waals surface area contributed by atoms with Crippen LogP contribution in [-0.2, 0) is 25.6 Å².